The molecule has 2 aromatic rings. The predicted octanol–water partition coefficient (Wildman–Crippen LogP) is 1.34. The summed E-state index contributed by atoms with van der Waals surface area (Å²) in [6, 6.07) is 5.79. The molecule has 2 aromatic heterocycles. The van der Waals surface area contributed by atoms with Crippen LogP contribution in [-0.4, -0.2) is 71.8 Å². The van der Waals surface area contributed by atoms with Crippen molar-refractivity contribution in [3.8, 4) is 5.75 Å². The average Bonchev–Trinajstić information content (AvgIpc) is 2.81. The number of fused-ring (bicyclic) bond motifs is 4. The fourth-order valence-electron chi connectivity index (χ4n) is 5.17. The number of hydrogen-bond donors (Lipinski definition) is 0. The molecule has 2 fully saturated rings. The molecule has 5 rings (SSSR count). The first-order chi connectivity index (χ1) is 15.1. The van der Waals surface area contributed by atoms with E-state index in [1.54, 1.807) is 25.6 Å². The topological polar surface area (TPSA) is 76.9 Å². The Morgan fingerprint density at radius 1 is 1.19 bits per heavy atom. The summed E-state index contributed by atoms with van der Waals surface area (Å²) in [7, 11) is 1.55. The molecule has 2 bridgehead atoms. The van der Waals surface area contributed by atoms with Gasteiger partial charge < -0.3 is 18.9 Å². The molecule has 8 nitrogen and oxygen atoms in total. The van der Waals surface area contributed by atoms with Gasteiger partial charge in [0.15, 0.2) is 0 Å². The van der Waals surface area contributed by atoms with E-state index in [1.165, 1.54) is 0 Å². The van der Waals surface area contributed by atoms with E-state index in [2.05, 4.69) is 16.0 Å². The lowest BCUT2D eigenvalue weighted by Gasteiger charge is -2.43. The molecule has 0 N–H and O–H groups in total. The van der Waals surface area contributed by atoms with Crippen molar-refractivity contribution in [3.05, 3.63) is 57.8 Å². The van der Waals surface area contributed by atoms with Gasteiger partial charge in [-0.3, -0.25) is 19.5 Å². The van der Waals surface area contributed by atoms with Crippen molar-refractivity contribution in [3.63, 3.8) is 0 Å². The Labute approximate surface area is 181 Å². The van der Waals surface area contributed by atoms with Crippen LogP contribution in [0.15, 0.2) is 35.4 Å². The molecule has 0 saturated carbocycles. The zero-order valence-corrected chi connectivity index (χ0v) is 17.8. The van der Waals surface area contributed by atoms with Crippen LogP contribution in [-0.2, 0) is 17.8 Å². The number of morpholine rings is 1. The van der Waals surface area contributed by atoms with E-state index in [4.69, 9.17) is 9.47 Å². The van der Waals surface area contributed by atoms with Gasteiger partial charge in [-0.1, -0.05) is 6.07 Å². The maximum Gasteiger partial charge on any atom is 0.257 e. The molecular formula is C23H28N4O4. The molecule has 31 heavy (non-hydrogen) atoms. The van der Waals surface area contributed by atoms with E-state index >= 15 is 0 Å². The Kier molecular flexibility index (Phi) is 5.50. The van der Waals surface area contributed by atoms with Crippen LogP contribution in [0, 0.1) is 5.92 Å². The normalized spacial score (nSPS) is 23.3. The number of aromatic nitrogens is 2. The molecule has 0 aliphatic carbocycles. The number of likely N-dealkylation sites (tertiary alicyclic amines) is 1. The lowest BCUT2D eigenvalue weighted by molar-refractivity contribution is 0.0338. The Morgan fingerprint density at radius 3 is 2.84 bits per heavy atom. The smallest absolute Gasteiger partial charge is 0.257 e. The zero-order chi connectivity index (χ0) is 21.4. The summed E-state index contributed by atoms with van der Waals surface area (Å²) in [5.41, 5.74) is 2.55. The molecule has 0 spiro atoms. The number of carbonyl (C=O) groups excluding carboxylic acids is 1. The van der Waals surface area contributed by atoms with Crippen LogP contribution in [0.4, 0.5) is 0 Å². The van der Waals surface area contributed by atoms with Gasteiger partial charge in [0.2, 0.25) is 0 Å². The number of carbonyl (C=O) groups is 1. The van der Waals surface area contributed by atoms with Crippen molar-refractivity contribution in [2.45, 2.75) is 25.4 Å². The van der Waals surface area contributed by atoms with Crippen LogP contribution >= 0.6 is 0 Å². The Balaban J connectivity index is 1.37. The number of rotatable bonds is 4. The molecule has 2 atom stereocenters. The molecule has 2 saturated heterocycles. The molecule has 0 radical (unpaired) electrons. The molecule has 1 amide bonds. The summed E-state index contributed by atoms with van der Waals surface area (Å²) in [4.78, 5) is 34.7. The third-order valence-electron chi connectivity index (χ3n) is 6.70. The van der Waals surface area contributed by atoms with Gasteiger partial charge in [-0.05, 0) is 24.5 Å². The minimum absolute atomic E-state index is 0.0336. The first-order valence-corrected chi connectivity index (χ1v) is 10.9. The summed E-state index contributed by atoms with van der Waals surface area (Å²) in [6.07, 6.45) is 4.20. The van der Waals surface area contributed by atoms with Gasteiger partial charge in [0.1, 0.15) is 5.75 Å². The van der Waals surface area contributed by atoms with Crippen LogP contribution in [0.3, 0.4) is 0 Å². The quantitative estimate of drug-likeness (QED) is 0.737. The first-order valence-electron chi connectivity index (χ1n) is 10.9. The Hall–Kier alpha value is -2.71. The van der Waals surface area contributed by atoms with E-state index in [0.29, 0.717) is 37.5 Å². The fraction of sp³-hybridized carbons (Fsp3) is 0.522. The van der Waals surface area contributed by atoms with E-state index in [9.17, 15) is 9.59 Å². The molecule has 164 valence electrons. The molecule has 3 aliphatic rings. The lowest BCUT2D eigenvalue weighted by atomic mass is 9.82. The first kappa shape index (κ1) is 20.2. The second kappa shape index (κ2) is 8.43. The SMILES string of the molecule is COc1cnccc1C(=O)N1C[C@@H]2C[C@H](C1)c1ccc(CN3CCOCC3)c(=O)n1C2. The fourth-order valence-corrected chi connectivity index (χ4v) is 5.17. The zero-order valence-electron chi connectivity index (χ0n) is 17.8. The largest absolute Gasteiger partial charge is 0.494 e. The second-order valence-corrected chi connectivity index (χ2v) is 8.67. The van der Waals surface area contributed by atoms with Crippen molar-refractivity contribution >= 4 is 5.91 Å². The molecule has 8 heteroatoms. The number of piperidine rings is 1. The van der Waals surface area contributed by atoms with Crippen LogP contribution in [0.2, 0.25) is 0 Å². The minimum atomic E-state index is -0.0336. The summed E-state index contributed by atoms with van der Waals surface area (Å²) in [6.45, 7) is 5.78. The second-order valence-electron chi connectivity index (χ2n) is 8.67. The predicted molar refractivity (Wildman–Crippen MR) is 114 cm³/mol. The number of amides is 1. The van der Waals surface area contributed by atoms with Crippen LogP contribution in [0.1, 0.15) is 34.0 Å². The highest BCUT2D eigenvalue weighted by Crippen LogP contribution is 2.36. The van der Waals surface area contributed by atoms with Gasteiger partial charge in [-0.2, -0.15) is 0 Å². The van der Waals surface area contributed by atoms with Crippen molar-refractivity contribution in [2.75, 3.05) is 46.5 Å². The number of ether oxygens (including phenoxy) is 2. The molecule has 3 aliphatic heterocycles. The van der Waals surface area contributed by atoms with E-state index < -0.39 is 0 Å². The maximum absolute atomic E-state index is 13.2. The Bertz CT molecular complexity index is 1030. The molecular weight excluding hydrogens is 396 g/mol. The minimum Gasteiger partial charge on any atom is -0.494 e. The van der Waals surface area contributed by atoms with E-state index in [1.807, 2.05) is 15.5 Å². The average molecular weight is 425 g/mol. The maximum atomic E-state index is 13.2. The highest BCUT2D eigenvalue weighted by atomic mass is 16.5. The third-order valence-corrected chi connectivity index (χ3v) is 6.70. The van der Waals surface area contributed by atoms with Gasteiger partial charge in [0, 0.05) is 62.6 Å². The highest BCUT2D eigenvalue weighted by Gasteiger charge is 2.37. The van der Waals surface area contributed by atoms with Crippen molar-refractivity contribution in [1.29, 1.82) is 0 Å². The standard InChI is InChI=1S/C23H28N4O4/c1-30-21-11-24-5-4-19(21)23(29)26-12-16-10-18(15-26)20-3-2-17(22(28)27(20)13-16)14-25-6-8-31-9-7-25/h2-5,11,16,18H,6-10,12-15H2,1H3/t16-,18+/m0/s1. The molecule has 5 heterocycles. The third kappa shape index (κ3) is 3.85. The molecule has 0 unspecified atom stereocenters. The van der Waals surface area contributed by atoms with Gasteiger partial charge in [0.05, 0.1) is 32.1 Å². The molecule has 0 aromatic carbocycles. The van der Waals surface area contributed by atoms with E-state index in [0.717, 1.165) is 44.0 Å². The van der Waals surface area contributed by atoms with Crippen LogP contribution in [0.25, 0.3) is 0 Å². The number of pyridine rings is 2. The number of nitrogens with zero attached hydrogens (tertiary/aromatic N) is 4. The summed E-state index contributed by atoms with van der Waals surface area (Å²) in [5.74, 6) is 0.912. The lowest BCUT2D eigenvalue weighted by Crippen LogP contribution is -2.49. The summed E-state index contributed by atoms with van der Waals surface area (Å²) < 4.78 is 12.7. The van der Waals surface area contributed by atoms with Crippen LogP contribution in [0.5, 0.6) is 5.75 Å². The van der Waals surface area contributed by atoms with Crippen molar-refractivity contribution in [1.82, 2.24) is 19.4 Å². The van der Waals surface area contributed by atoms with Crippen molar-refractivity contribution in [2.24, 2.45) is 5.92 Å². The van der Waals surface area contributed by atoms with Gasteiger partial charge in [0.25, 0.3) is 11.5 Å². The van der Waals surface area contributed by atoms with Crippen LogP contribution < -0.4 is 10.3 Å². The van der Waals surface area contributed by atoms with Gasteiger partial charge in [-0.15, -0.1) is 0 Å². The van der Waals surface area contributed by atoms with Crippen molar-refractivity contribution < 1.29 is 14.3 Å². The van der Waals surface area contributed by atoms with Gasteiger partial charge >= 0.3 is 0 Å². The Morgan fingerprint density at radius 2 is 2.03 bits per heavy atom. The number of methoxy groups -OCH3 is 1. The highest BCUT2D eigenvalue weighted by molar-refractivity contribution is 5.96. The van der Waals surface area contributed by atoms with Gasteiger partial charge in [-0.25, -0.2) is 0 Å². The summed E-state index contributed by atoms with van der Waals surface area (Å²) >= 11 is 0. The number of hydrogen-bond acceptors (Lipinski definition) is 6. The monoisotopic (exact) mass is 424 g/mol. The van der Waals surface area contributed by atoms with E-state index in [-0.39, 0.29) is 23.3 Å². The summed E-state index contributed by atoms with van der Waals surface area (Å²) in [5, 5.41) is 0.